The predicted molar refractivity (Wildman–Crippen MR) is 99.1 cm³/mol. The highest BCUT2D eigenvalue weighted by atomic mass is 79.9. The van der Waals surface area contributed by atoms with Gasteiger partial charge in [-0.25, -0.2) is 5.43 Å². The van der Waals surface area contributed by atoms with E-state index in [0.717, 1.165) is 15.8 Å². The van der Waals surface area contributed by atoms with Crippen LogP contribution in [0.1, 0.15) is 11.1 Å². The Morgan fingerprint density at radius 1 is 1.29 bits per heavy atom. The van der Waals surface area contributed by atoms with Crippen LogP contribution in [0.5, 0.6) is 0 Å². The van der Waals surface area contributed by atoms with Crippen molar-refractivity contribution in [2.75, 3.05) is 5.75 Å². The smallest absolute Gasteiger partial charge is 0.270 e. The third kappa shape index (κ3) is 6.13. The Morgan fingerprint density at radius 3 is 2.83 bits per heavy atom. The lowest BCUT2D eigenvalue weighted by Gasteiger charge is -2.02. The third-order valence-electron chi connectivity index (χ3n) is 2.87. The summed E-state index contributed by atoms with van der Waals surface area (Å²) in [7, 11) is 0. The Morgan fingerprint density at radius 2 is 2.08 bits per heavy atom. The topological polar surface area (TPSA) is 84.6 Å². The second kappa shape index (κ2) is 9.19. The zero-order valence-electron chi connectivity index (χ0n) is 12.5. The molecule has 2 aromatic rings. The molecule has 0 aliphatic carbocycles. The van der Waals surface area contributed by atoms with Gasteiger partial charge in [0, 0.05) is 27.9 Å². The number of rotatable bonds is 7. The molecule has 0 bridgehead atoms. The standard InChI is InChI=1S/C16H14BrN3O3S/c17-14-5-1-4-13(7-14)10-24-11-16(21)19-18-9-12-3-2-6-15(8-12)20(22)23/h1-9H,10-11H2,(H,19,21)/b18-9+. The number of hydrazone groups is 1. The zero-order chi connectivity index (χ0) is 17.4. The van der Waals surface area contributed by atoms with Crippen LogP contribution < -0.4 is 5.43 Å². The van der Waals surface area contributed by atoms with Crippen LogP contribution in [0.3, 0.4) is 0 Å². The quantitative estimate of drug-likeness (QED) is 0.430. The molecule has 0 radical (unpaired) electrons. The van der Waals surface area contributed by atoms with E-state index < -0.39 is 4.92 Å². The monoisotopic (exact) mass is 407 g/mol. The molecule has 0 heterocycles. The number of nitro benzene ring substituents is 1. The van der Waals surface area contributed by atoms with Crippen molar-refractivity contribution in [1.29, 1.82) is 0 Å². The Balaban J connectivity index is 1.76. The Bertz CT molecular complexity index is 768. The number of halogens is 1. The molecule has 8 heteroatoms. The van der Waals surface area contributed by atoms with E-state index >= 15 is 0 Å². The number of hydrogen-bond acceptors (Lipinski definition) is 5. The summed E-state index contributed by atoms with van der Waals surface area (Å²) >= 11 is 4.88. The summed E-state index contributed by atoms with van der Waals surface area (Å²) in [6.45, 7) is 0. The first-order chi connectivity index (χ1) is 11.5. The molecule has 24 heavy (non-hydrogen) atoms. The fourth-order valence-corrected chi connectivity index (χ4v) is 3.03. The van der Waals surface area contributed by atoms with E-state index in [1.54, 1.807) is 12.1 Å². The maximum absolute atomic E-state index is 11.7. The number of nitro groups is 1. The van der Waals surface area contributed by atoms with Gasteiger partial charge in [0.25, 0.3) is 5.69 Å². The van der Waals surface area contributed by atoms with Crippen molar-refractivity contribution in [2.24, 2.45) is 5.10 Å². The maximum Gasteiger partial charge on any atom is 0.270 e. The van der Waals surface area contributed by atoms with Crippen molar-refractivity contribution in [3.05, 3.63) is 74.2 Å². The average Bonchev–Trinajstić information content (AvgIpc) is 2.55. The van der Waals surface area contributed by atoms with Gasteiger partial charge >= 0.3 is 0 Å². The summed E-state index contributed by atoms with van der Waals surface area (Å²) in [4.78, 5) is 21.9. The SMILES string of the molecule is O=C(CSCc1cccc(Br)c1)N/N=C/c1cccc([N+](=O)[O-])c1. The molecule has 0 unspecified atom stereocenters. The molecule has 2 rings (SSSR count). The van der Waals surface area contributed by atoms with E-state index in [2.05, 4.69) is 26.5 Å². The minimum absolute atomic E-state index is 0.0187. The highest BCUT2D eigenvalue weighted by Crippen LogP contribution is 2.16. The molecule has 0 saturated carbocycles. The Kier molecular flexibility index (Phi) is 6.95. The number of thioether (sulfide) groups is 1. The summed E-state index contributed by atoms with van der Waals surface area (Å²) in [6, 6.07) is 13.9. The Hall–Kier alpha value is -2.19. The average molecular weight is 408 g/mol. The van der Waals surface area contributed by atoms with Gasteiger partial charge in [-0.3, -0.25) is 14.9 Å². The lowest BCUT2D eigenvalue weighted by molar-refractivity contribution is -0.384. The zero-order valence-corrected chi connectivity index (χ0v) is 14.9. The van der Waals surface area contributed by atoms with Crippen LogP contribution in [0.15, 0.2) is 58.1 Å². The Labute approximate surface area is 151 Å². The van der Waals surface area contributed by atoms with E-state index in [4.69, 9.17) is 0 Å². The number of amides is 1. The number of nitrogens with zero attached hydrogens (tertiary/aromatic N) is 2. The summed E-state index contributed by atoms with van der Waals surface area (Å²) in [5, 5.41) is 14.5. The lowest BCUT2D eigenvalue weighted by atomic mass is 10.2. The van der Waals surface area contributed by atoms with Gasteiger partial charge in [0.05, 0.1) is 16.9 Å². The molecule has 6 nitrogen and oxygen atoms in total. The van der Waals surface area contributed by atoms with Gasteiger partial charge in [0.2, 0.25) is 5.91 Å². The lowest BCUT2D eigenvalue weighted by Crippen LogP contribution is -2.19. The largest absolute Gasteiger partial charge is 0.272 e. The van der Waals surface area contributed by atoms with Crippen molar-refractivity contribution in [2.45, 2.75) is 5.75 Å². The first kappa shape index (κ1) is 18.2. The van der Waals surface area contributed by atoms with Crippen molar-refractivity contribution < 1.29 is 9.72 Å². The van der Waals surface area contributed by atoms with Crippen LogP contribution in [0.25, 0.3) is 0 Å². The van der Waals surface area contributed by atoms with Crippen LogP contribution >= 0.6 is 27.7 Å². The minimum Gasteiger partial charge on any atom is -0.272 e. The van der Waals surface area contributed by atoms with Gasteiger partial charge in [0.1, 0.15) is 0 Å². The van der Waals surface area contributed by atoms with Crippen LogP contribution in [-0.4, -0.2) is 22.8 Å². The number of hydrogen-bond donors (Lipinski definition) is 1. The van der Waals surface area contributed by atoms with Crippen molar-refractivity contribution in [3.8, 4) is 0 Å². The third-order valence-corrected chi connectivity index (χ3v) is 4.37. The number of nitrogens with one attached hydrogen (secondary N) is 1. The van der Waals surface area contributed by atoms with Gasteiger partial charge in [-0.15, -0.1) is 11.8 Å². The van der Waals surface area contributed by atoms with E-state index in [-0.39, 0.29) is 17.3 Å². The van der Waals surface area contributed by atoms with Gasteiger partial charge < -0.3 is 0 Å². The van der Waals surface area contributed by atoms with Gasteiger partial charge in [-0.05, 0) is 17.7 Å². The van der Waals surface area contributed by atoms with E-state index in [1.807, 2.05) is 24.3 Å². The molecular weight excluding hydrogens is 394 g/mol. The molecule has 2 aromatic carbocycles. The van der Waals surface area contributed by atoms with Crippen LogP contribution in [0.2, 0.25) is 0 Å². The van der Waals surface area contributed by atoms with E-state index in [0.29, 0.717) is 5.56 Å². The molecule has 0 saturated heterocycles. The summed E-state index contributed by atoms with van der Waals surface area (Å²) in [5.41, 5.74) is 4.06. The van der Waals surface area contributed by atoms with Crippen molar-refractivity contribution in [1.82, 2.24) is 5.43 Å². The second-order valence-corrected chi connectivity index (χ2v) is 6.67. The second-order valence-electron chi connectivity index (χ2n) is 4.77. The number of carbonyl (C=O) groups is 1. The highest BCUT2D eigenvalue weighted by Gasteiger charge is 2.04. The van der Waals surface area contributed by atoms with Gasteiger partial charge in [0.15, 0.2) is 0 Å². The normalized spacial score (nSPS) is 10.7. The van der Waals surface area contributed by atoms with E-state index in [1.165, 1.54) is 30.1 Å². The number of benzene rings is 2. The summed E-state index contributed by atoms with van der Waals surface area (Å²) in [6.07, 6.45) is 1.38. The fourth-order valence-electron chi connectivity index (χ4n) is 1.82. The molecule has 0 atom stereocenters. The van der Waals surface area contributed by atoms with Crippen LogP contribution in [0.4, 0.5) is 5.69 Å². The minimum atomic E-state index is -0.478. The predicted octanol–water partition coefficient (Wildman–Crippen LogP) is 3.74. The number of non-ortho nitro benzene ring substituents is 1. The summed E-state index contributed by atoms with van der Waals surface area (Å²) < 4.78 is 1.01. The van der Waals surface area contributed by atoms with Crippen LogP contribution in [0, 0.1) is 10.1 Å². The first-order valence-electron chi connectivity index (χ1n) is 6.93. The molecule has 0 spiro atoms. The fraction of sp³-hybridized carbons (Fsp3) is 0.125. The molecule has 0 aromatic heterocycles. The van der Waals surface area contributed by atoms with Gasteiger partial charge in [-0.1, -0.05) is 40.2 Å². The molecule has 1 amide bonds. The molecule has 0 aliphatic heterocycles. The summed E-state index contributed by atoms with van der Waals surface area (Å²) in [5.74, 6) is 0.775. The van der Waals surface area contributed by atoms with E-state index in [9.17, 15) is 14.9 Å². The molecule has 124 valence electrons. The van der Waals surface area contributed by atoms with Crippen molar-refractivity contribution in [3.63, 3.8) is 0 Å². The molecule has 1 N–H and O–H groups in total. The first-order valence-corrected chi connectivity index (χ1v) is 8.88. The highest BCUT2D eigenvalue weighted by molar-refractivity contribution is 9.10. The number of carbonyl (C=O) groups excluding carboxylic acids is 1. The maximum atomic E-state index is 11.7. The molecular formula is C16H14BrN3O3S. The van der Waals surface area contributed by atoms with Crippen LogP contribution in [-0.2, 0) is 10.5 Å². The molecule has 0 fully saturated rings. The van der Waals surface area contributed by atoms with Gasteiger partial charge in [-0.2, -0.15) is 5.10 Å². The molecule has 0 aliphatic rings. The van der Waals surface area contributed by atoms with Crippen molar-refractivity contribution >= 4 is 45.5 Å².